The largest absolute Gasteiger partial charge is 0.435 e. The summed E-state index contributed by atoms with van der Waals surface area (Å²) in [6.07, 6.45) is 0. The molecular formula is C17H24F2N6O. The Kier molecular flexibility index (Phi) is 6.88. The fourth-order valence-corrected chi connectivity index (χ4v) is 2.33. The fraction of sp³-hybridized carbons (Fsp3) is 0.471. The van der Waals surface area contributed by atoms with Crippen LogP contribution in [-0.2, 0) is 20.1 Å². The summed E-state index contributed by atoms with van der Waals surface area (Å²) in [5, 5.41) is 11.4. The second-order valence-corrected chi connectivity index (χ2v) is 5.77. The van der Waals surface area contributed by atoms with Crippen molar-refractivity contribution >= 4 is 5.96 Å². The van der Waals surface area contributed by atoms with Crippen molar-refractivity contribution < 1.29 is 13.5 Å². The minimum Gasteiger partial charge on any atom is -0.435 e. The van der Waals surface area contributed by atoms with E-state index in [9.17, 15) is 8.78 Å². The van der Waals surface area contributed by atoms with Gasteiger partial charge in [-0.2, -0.15) is 8.78 Å². The van der Waals surface area contributed by atoms with Crippen LogP contribution >= 0.6 is 0 Å². The molecule has 0 bridgehead atoms. The number of halogens is 2. The highest BCUT2D eigenvalue weighted by molar-refractivity contribution is 5.79. The van der Waals surface area contributed by atoms with Gasteiger partial charge in [-0.15, -0.1) is 10.2 Å². The summed E-state index contributed by atoms with van der Waals surface area (Å²) in [5.74, 6) is 2.48. The number of aliphatic imine (C=N–C) groups is 1. The van der Waals surface area contributed by atoms with E-state index in [1.807, 2.05) is 37.4 Å². The lowest BCUT2D eigenvalue weighted by molar-refractivity contribution is -0.0498. The molecule has 0 aliphatic carbocycles. The number of alkyl halides is 2. The van der Waals surface area contributed by atoms with E-state index in [0.29, 0.717) is 13.1 Å². The van der Waals surface area contributed by atoms with Gasteiger partial charge in [-0.3, -0.25) is 0 Å². The van der Waals surface area contributed by atoms with Crippen LogP contribution in [0.15, 0.2) is 29.3 Å². The van der Waals surface area contributed by atoms with Gasteiger partial charge >= 0.3 is 6.61 Å². The zero-order valence-corrected chi connectivity index (χ0v) is 15.4. The highest BCUT2D eigenvalue weighted by Crippen LogP contribution is 2.15. The molecular weight excluding hydrogens is 342 g/mol. The molecule has 0 spiro atoms. The van der Waals surface area contributed by atoms with Crippen molar-refractivity contribution in [2.75, 3.05) is 13.6 Å². The van der Waals surface area contributed by atoms with Crippen LogP contribution in [0.3, 0.4) is 0 Å². The number of hydrogen-bond acceptors (Lipinski definition) is 4. The molecule has 0 radical (unpaired) electrons. The van der Waals surface area contributed by atoms with Gasteiger partial charge in [0.05, 0.1) is 0 Å². The third-order valence-corrected chi connectivity index (χ3v) is 3.82. The standard InChI is InChI=1S/C17H24F2N6O/c1-5-20-17(21-10-15-23-22-12(2)25(15)4)24(3)11-13-6-8-14(9-7-13)26-16(18)19/h6-9,16H,5,10-11H2,1-4H3,(H,20,21). The molecule has 0 saturated carbocycles. The van der Waals surface area contributed by atoms with E-state index in [0.717, 1.165) is 29.7 Å². The van der Waals surface area contributed by atoms with Crippen molar-refractivity contribution in [2.45, 2.75) is 33.5 Å². The van der Waals surface area contributed by atoms with Crippen molar-refractivity contribution in [2.24, 2.45) is 12.0 Å². The van der Waals surface area contributed by atoms with Crippen LogP contribution in [0.1, 0.15) is 24.1 Å². The monoisotopic (exact) mass is 366 g/mol. The summed E-state index contributed by atoms with van der Waals surface area (Å²) >= 11 is 0. The number of ether oxygens (including phenoxy) is 1. The number of aromatic nitrogens is 3. The lowest BCUT2D eigenvalue weighted by Crippen LogP contribution is -2.38. The summed E-state index contributed by atoms with van der Waals surface area (Å²) in [6.45, 7) is 2.76. The third kappa shape index (κ3) is 5.40. The average molecular weight is 366 g/mol. The molecule has 1 heterocycles. The summed E-state index contributed by atoms with van der Waals surface area (Å²) in [6, 6.07) is 6.57. The van der Waals surface area contributed by atoms with Crippen molar-refractivity contribution in [1.82, 2.24) is 25.0 Å². The Labute approximate surface area is 151 Å². The van der Waals surface area contributed by atoms with Gasteiger partial charge in [-0.1, -0.05) is 12.1 Å². The van der Waals surface area contributed by atoms with Crippen LogP contribution in [0.25, 0.3) is 0 Å². The van der Waals surface area contributed by atoms with Crippen LogP contribution in [0, 0.1) is 6.92 Å². The van der Waals surface area contributed by atoms with Crippen LogP contribution in [0.4, 0.5) is 8.78 Å². The molecule has 26 heavy (non-hydrogen) atoms. The quantitative estimate of drug-likeness (QED) is 0.602. The molecule has 0 saturated heterocycles. The zero-order valence-electron chi connectivity index (χ0n) is 15.4. The van der Waals surface area contributed by atoms with Gasteiger partial charge in [-0.05, 0) is 31.5 Å². The first-order valence-corrected chi connectivity index (χ1v) is 8.28. The summed E-state index contributed by atoms with van der Waals surface area (Å²) in [5.41, 5.74) is 0.953. The lowest BCUT2D eigenvalue weighted by Gasteiger charge is -2.22. The molecule has 7 nitrogen and oxygen atoms in total. The Balaban J connectivity index is 2.04. The third-order valence-electron chi connectivity index (χ3n) is 3.82. The molecule has 0 aliphatic rings. The predicted molar refractivity (Wildman–Crippen MR) is 95.1 cm³/mol. The number of hydrogen-bond donors (Lipinski definition) is 1. The van der Waals surface area contributed by atoms with Crippen LogP contribution in [0.2, 0.25) is 0 Å². The van der Waals surface area contributed by atoms with Crippen LogP contribution in [-0.4, -0.2) is 45.8 Å². The summed E-state index contributed by atoms with van der Waals surface area (Å²) in [7, 11) is 3.81. The maximum absolute atomic E-state index is 12.2. The fourth-order valence-electron chi connectivity index (χ4n) is 2.33. The van der Waals surface area contributed by atoms with Gasteiger partial charge in [0, 0.05) is 27.2 Å². The number of nitrogens with one attached hydrogen (secondary N) is 1. The first-order valence-electron chi connectivity index (χ1n) is 8.28. The second kappa shape index (κ2) is 9.12. The van der Waals surface area contributed by atoms with Crippen molar-refractivity contribution in [3.63, 3.8) is 0 Å². The summed E-state index contributed by atoms with van der Waals surface area (Å²) in [4.78, 5) is 6.55. The smallest absolute Gasteiger partial charge is 0.387 e. The van der Waals surface area contributed by atoms with Gasteiger partial charge in [0.1, 0.15) is 18.1 Å². The van der Waals surface area contributed by atoms with Gasteiger partial charge in [0.2, 0.25) is 0 Å². The molecule has 1 aromatic carbocycles. The predicted octanol–water partition coefficient (Wildman–Crippen LogP) is 2.32. The molecule has 0 unspecified atom stereocenters. The molecule has 1 aromatic heterocycles. The molecule has 0 fully saturated rings. The van der Waals surface area contributed by atoms with Gasteiger partial charge in [0.15, 0.2) is 11.8 Å². The highest BCUT2D eigenvalue weighted by Gasteiger charge is 2.10. The van der Waals surface area contributed by atoms with E-state index in [-0.39, 0.29) is 5.75 Å². The topological polar surface area (TPSA) is 67.6 Å². The Hall–Kier alpha value is -2.71. The molecule has 2 rings (SSSR count). The minimum atomic E-state index is -2.82. The second-order valence-electron chi connectivity index (χ2n) is 5.77. The maximum Gasteiger partial charge on any atom is 0.387 e. The van der Waals surface area contributed by atoms with Crippen molar-refractivity contribution in [3.8, 4) is 5.75 Å². The Bertz CT molecular complexity index is 729. The van der Waals surface area contributed by atoms with E-state index in [1.54, 1.807) is 12.1 Å². The first-order chi connectivity index (χ1) is 12.4. The number of nitrogens with zero attached hydrogens (tertiary/aromatic N) is 5. The Morgan fingerprint density at radius 3 is 2.54 bits per heavy atom. The van der Waals surface area contributed by atoms with E-state index in [1.165, 1.54) is 12.1 Å². The Morgan fingerprint density at radius 2 is 2.00 bits per heavy atom. The molecule has 1 N–H and O–H groups in total. The van der Waals surface area contributed by atoms with E-state index < -0.39 is 6.61 Å². The number of benzene rings is 1. The van der Waals surface area contributed by atoms with E-state index >= 15 is 0 Å². The highest BCUT2D eigenvalue weighted by atomic mass is 19.3. The van der Waals surface area contributed by atoms with E-state index in [2.05, 4.69) is 25.2 Å². The van der Waals surface area contributed by atoms with Crippen LogP contribution < -0.4 is 10.1 Å². The SMILES string of the molecule is CCNC(=NCc1nnc(C)n1C)N(C)Cc1ccc(OC(F)F)cc1. The maximum atomic E-state index is 12.2. The van der Waals surface area contributed by atoms with Gasteiger partial charge < -0.3 is 19.5 Å². The molecule has 0 amide bonds. The Morgan fingerprint density at radius 1 is 1.31 bits per heavy atom. The molecule has 0 aliphatic heterocycles. The average Bonchev–Trinajstić information content (AvgIpc) is 2.91. The van der Waals surface area contributed by atoms with Gasteiger partial charge in [-0.25, -0.2) is 4.99 Å². The molecule has 0 atom stereocenters. The molecule has 142 valence electrons. The first kappa shape index (κ1) is 19.6. The molecule has 2 aromatic rings. The minimum absolute atomic E-state index is 0.143. The van der Waals surface area contributed by atoms with Crippen LogP contribution in [0.5, 0.6) is 5.75 Å². The summed E-state index contributed by atoms with van der Waals surface area (Å²) < 4.78 is 30.7. The van der Waals surface area contributed by atoms with E-state index in [4.69, 9.17) is 0 Å². The number of guanidine groups is 1. The molecule has 9 heteroatoms. The van der Waals surface area contributed by atoms with Gasteiger partial charge in [0.25, 0.3) is 0 Å². The van der Waals surface area contributed by atoms with Crippen molar-refractivity contribution in [1.29, 1.82) is 0 Å². The van der Waals surface area contributed by atoms with Crippen molar-refractivity contribution in [3.05, 3.63) is 41.5 Å². The lowest BCUT2D eigenvalue weighted by atomic mass is 10.2. The zero-order chi connectivity index (χ0) is 19.1. The normalized spacial score (nSPS) is 11.7. The number of rotatable bonds is 7. The number of aryl methyl sites for hydroxylation is 1.